The summed E-state index contributed by atoms with van der Waals surface area (Å²) in [7, 11) is 8.86. The molecule has 0 saturated carbocycles. The SMILES string of the molecule is COc1cc(C(=O)N/N=C(\N)c2cc(OC)c(OC)c(OC)c2)cc(OC)c1OC. The molecule has 0 aliphatic carbocycles. The van der Waals surface area contributed by atoms with Crippen molar-refractivity contribution in [1.82, 2.24) is 5.43 Å². The number of carbonyl (C=O) groups is 1. The van der Waals surface area contributed by atoms with E-state index in [2.05, 4.69) is 10.5 Å². The molecule has 2 aromatic rings. The fourth-order valence-corrected chi connectivity index (χ4v) is 2.68. The number of nitrogens with zero attached hydrogens (tertiary/aromatic N) is 1. The number of amides is 1. The molecule has 162 valence electrons. The van der Waals surface area contributed by atoms with Gasteiger partial charge in [-0.3, -0.25) is 4.79 Å². The number of amidine groups is 1. The van der Waals surface area contributed by atoms with Crippen LogP contribution in [0.5, 0.6) is 34.5 Å². The summed E-state index contributed by atoms with van der Waals surface area (Å²) in [5, 5.41) is 3.96. The average Bonchev–Trinajstić information content (AvgIpc) is 2.79. The summed E-state index contributed by atoms with van der Waals surface area (Å²) in [4.78, 5) is 12.6. The largest absolute Gasteiger partial charge is 0.493 e. The van der Waals surface area contributed by atoms with E-state index in [1.807, 2.05) is 0 Å². The zero-order chi connectivity index (χ0) is 22.3. The molecule has 0 unspecified atom stereocenters. The Morgan fingerprint density at radius 1 is 0.700 bits per heavy atom. The number of hydrogen-bond donors (Lipinski definition) is 2. The number of benzene rings is 2. The lowest BCUT2D eigenvalue weighted by Crippen LogP contribution is -2.24. The molecule has 0 bridgehead atoms. The van der Waals surface area contributed by atoms with E-state index in [0.717, 1.165) is 0 Å². The van der Waals surface area contributed by atoms with Crippen molar-refractivity contribution in [3.05, 3.63) is 35.4 Å². The molecule has 0 fully saturated rings. The summed E-state index contributed by atoms with van der Waals surface area (Å²) in [6, 6.07) is 6.24. The maximum atomic E-state index is 12.6. The van der Waals surface area contributed by atoms with Crippen LogP contribution in [-0.2, 0) is 0 Å². The first-order valence-electron chi connectivity index (χ1n) is 8.67. The van der Waals surface area contributed by atoms with Crippen molar-refractivity contribution in [2.24, 2.45) is 10.8 Å². The highest BCUT2D eigenvalue weighted by atomic mass is 16.5. The normalized spacial score (nSPS) is 10.8. The van der Waals surface area contributed by atoms with Gasteiger partial charge in [-0.25, -0.2) is 5.43 Å². The number of rotatable bonds is 9. The Hall–Kier alpha value is -3.82. The lowest BCUT2D eigenvalue weighted by molar-refractivity contribution is 0.0954. The van der Waals surface area contributed by atoms with Gasteiger partial charge in [0.05, 0.1) is 42.7 Å². The molecule has 0 aliphatic rings. The predicted molar refractivity (Wildman–Crippen MR) is 110 cm³/mol. The smallest absolute Gasteiger partial charge is 0.271 e. The minimum Gasteiger partial charge on any atom is -0.493 e. The summed E-state index contributed by atoms with van der Waals surface area (Å²) in [6.45, 7) is 0. The Balaban J connectivity index is 2.32. The number of hydrazone groups is 1. The third kappa shape index (κ3) is 4.59. The van der Waals surface area contributed by atoms with E-state index < -0.39 is 5.91 Å². The van der Waals surface area contributed by atoms with Crippen LogP contribution in [0.3, 0.4) is 0 Å². The zero-order valence-corrected chi connectivity index (χ0v) is 17.7. The van der Waals surface area contributed by atoms with E-state index in [4.69, 9.17) is 34.2 Å². The summed E-state index contributed by atoms with van der Waals surface area (Å²) in [5.74, 6) is 1.78. The van der Waals surface area contributed by atoms with Gasteiger partial charge in [0.15, 0.2) is 28.8 Å². The quantitative estimate of drug-likeness (QED) is 0.358. The second kappa shape index (κ2) is 10.1. The van der Waals surface area contributed by atoms with E-state index in [0.29, 0.717) is 40.1 Å². The summed E-state index contributed by atoms with van der Waals surface area (Å²) in [6.07, 6.45) is 0. The molecule has 0 heterocycles. The van der Waals surface area contributed by atoms with Gasteiger partial charge < -0.3 is 34.2 Å². The maximum absolute atomic E-state index is 12.6. The monoisotopic (exact) mass is 419 g/mol. The number of hydrogen-bond acceptors (Lipinski definition) is 8. The van der Waals surface area contributed by atoms with Crippen molar-refractivity contribution in [3.63, 3.8) is 0 Å². The van der Waals surface area contributed by atoms with Gasteiger partial charge in [0.1, 0.15) is 0 Å². The molecule has 0 saturated heterocycles. The minimum absolute atomic E-state index is 0.0371. The van der Waals surface area contributed by atoms with Crippen LogP contribution in [-0.4, -0.2) is 54.4 Å². The van der Waals surface area contributed by atoms with Crippen LogP contribution in [0.2, 0.25) is 0 Å². The Labute approximate surface area is 174 Å². The summed E-state index contributed by atoms with van der Waals surface area (Å²) < 4.78 is 31.6. The molecule has 10 nitrogen and oxygen atoms in total. The van der Waals surface area contributed by atoms with E-state index >= 15 is 0 Å². The molecule has 0 aromatic heterocycles. The highest BCUT2D eigenvalue weighted by Gasteiger charge is 2.18. The van der Waals surface area contributed by atoms with Gasteiger partial charge in [0.2, 0.25) is 11.5 Å². The van der Waals surface area contributed by atoms with E-state index in [1.54, 1.807) is 12.1 Å². The molecule has 2 aromatic carbocycles. The lowest BCUT2D eigenvalue weighted by atomic mass is 10.1. The second-order valence-corrected chi connectivity index (χ2v) is 5.77. The van der Waals surface area contributed by atoms with Crippen LogP contribution < -0.4 is 39.6 Å². The van der Waals surface area contributed by atoms with Crippen LogP contribution >= 0.6 is 0 Å². The number of ether oxygens (including phenoxy) is 6. The lowest BCUT2D eigenvalue weighted by Gasteiger charge is -2.14. The molecule has 2 rings (SSSR count). The van der Waals surface area contributed by atoms with Crippen molar-refractivity contribution in [3.8, 4) is 34.5 Å². The van der Waals surface area contributed by atoms with Crippen LogP contribution in [0.4, 0.5) is 0 Å². The highest BCUT2D eigenvalue weighted by molar-refractivity contribution is 6.01. The number of nitrogens with two attached hydrogens (primary N) is 1. The molecule has 30 heavy (non-hydrogen) atoms. The van der Waals surface area contributed by atoms with Gasteiger partial charge in [0, 0.05) is 11.1 Å². The predicted octanol–water partition coefficient (Wildman–Crippen LogP) is 1.79. The molecule has 0 spiro atoms. The number of nitrogens with one attached hydrogen (secondary N) is 1. The first kappa shape index (κ1) is 22.5. The summed E-state index contributed by atoms with van der Waals surface area (Å²) in [5.41, 5.74) is 9.14. The molecule has 1 amide bonds. The van der Waals surface area contributed by atoms with Crippen molar-refractivity contribution in [2.75, 3.05) is 42.7 Å². The topological polar surface area (TPSA) is 123 Å². The van der Waals surface area contributed by atoms with Gasteiger partial charge in [-0.1, -0.05) is 0 Å². The minimum atomic E-state index is -0.523. The molecule has 10 heteroatoms. The van der Waals surface area contributed by atoms with Crippen LogP contribution in [0.15, 0.2) is 29.4 Å². The zero-order valence-electron chi connectivity index (χ0n) is 17.7. The summed E-state index contributed by atoms with van der Waals surface area (Å²) >= 11 is 0. The van der Waals surface area contributed by atoms with Crippen molar-refractivity contribution in [2.45, 2.75) is 0 Å². The van der Waals surface area contributed by atoms with Crippen LogP contribution in [0.1, 0.15) is 15.9 Å². The van der Waals surface area contributed by atoms with E-state index in [9.17, 15) is 4.79 Å². The molecule has 0 aliphatic heterocycles. The van der Waals surface area contributed by atoms with Crippen molar-refractivity contribution < 1.29 is 33.2 Å². The molecular weight excluding hydrogens is 394 g/mol. The van der Waals surface area contributed by atoms with Gasteiger partial charge in [-0.05, 0) is 24.3 Å². The van der Waals surface area contributed by atoms with E-state index in [1.165, 1.54) is 54.8 Å². The van der Waals surface area contributed by atoms with Crippen molar-refractivity contribution in [1.29, 1.82) is 0 Å². The third-order valence-corrected chi connectivity index (χ3v) is 4.17. The first-order chi connectivity index (χ1) is 14.4. The highest BCUT2D eigenvalue weighted by Crippen LogP contribution is 2.39. The van der Waals surface area contributed by atoms with Crippen molar-refractivity contribution >= 4 is 11.7 Å². The van der Waals surface area contributed by atoms with Gasteiger partial charge >= 0.3 is 0 Å². The fourth-order valence-electron chi connectivity index (χ4n) is 2.68. The average molecular weight is 419 g/mol. The first-order valence-corrected chi connectivity index (χ1v) is 8.67. The van der Waals surface area contributed by atoms with Gasteiger partial charge in [-0.15, -0.1) is 0 Å². The standard InChI is InChI=1S/C20H25N3O7/c1-25-13-7-11(8-14(26-2)17(13)29-5)19(21)22-23-20(24)12-9-15(27-3)18(30-6)16(10-12)28-4/h7-10H,1-6H3,(H2,21,22)(H,23,24). The fraction of sp³-hybridized carbons (Fsp3) is 0.300. The molecule has 0 atom stereocenters. The van der Waals surface area contributed by atoms with Crippen LogP contribution in [0, 0.1) is 0 Å². The third-order valence-electron chi connectivity index (χ3n) is 4.17. The van der Waals surface area contributed by atoms with Gasteiger partial charge in [-0.2, -0.15) is 5.10 Å². The number of methoxy groups -OCH3 is 6. The Bertz CT molecular complexity index is 894. The van der Waals surface area contributed by atoms with Crippen LogP contribution in [0.25, 0.3) is 0 Å². The Morgan fingerprint density at radius 2 is 1.07 bits per heavy atom. The Morgan fingerprint density at radius 3 is 1.40 bits per heavy atom. The van der Waals surface area contributed by atoms with E-state index in [-0.39, 0.29) is 11.4 Å². The number of carbonyl (C=O) groups excluding carboxylic acids is 1. The molecular formula is C20H25N3O7. The molecule has 3 N–H and O–H groups in total. The Kier molecular flexibility index (Phi) is 7.56. The molecule has 0 radical (unpaired) electrons. The van der Waals surface area contributed by atoms with Gasteiger partial charge in [0.25, 0.3) is 5.91 Å². The second-order valence-electron chi connectivity index (χ2n) is 5.77. The maximum Gasteiger partial charge on any atom is 0.271 e.